The largest absolute Gasteiger partial charge is 0.389 e. The normalized spacial score (nSPS) is 12.3. The number of nitriles is 1. The predicted octanol–water partition coefficient (Wildman–Crippen LogP) is 2.63. The highest BCUT2D eigenvalue weighted by Gasteiger charge is 2.09. The zero-order valence-electron chi connectivity index (χ0n) is 12.6. The van der Waals surface area contributed by atoms with Gasteiger partial charge in [-0.1, -0.05) is 18.2 Å². The number of hydrogen-bond donors (Lipinski definition) is 1. The summed E-state index contributed by atoms with van der Waals surface area (Å²) in [4.78, 5) is 3.18. The van der Waals surface area contributed by atoms with Gasteiger partial charge in [0.25, 0.3) is 0 Å². The van der Waals surface area contributed by atoms with Gasteiger partial charge >= 0.3 is 0 Å². The molecule has 0 saturated heterocycles. The van der Waals surface area contributed by atoms with E-state index in [2.05, 4.69) is 6.07 Å². The maximum absolute atomic E-state index is 10.0. The summed E-state index contributed by atoms with van der Waals surface area (Å²) in [5.41, 5.74) is 1.72. The zero-order valence-corrected chi connectivity index (χ0v) is 13.4. The number of aliphatic hydroxyl groups is 1. The van der Waals surface area contributed by atoms with Crippen LogP contribution in [-0.2, 0) is 17.9 Å². The van der Waals surface area contributed by atoms with Gasteiger partial charge in [0.15, 0.2) is 0 Å². The molecule has 5 heteroatoms. The number of nitrogens with zero attached hydrogens (tertiary/aromatic N) is 2. The van der Waals surface area contributed by atoms with Crippen molar-refractivity contribution >= 4 is 11.3 Å². The Hall–Kier alpha value is -1.71. The van der Waals surface area contributed by atoms with Gasteiger partial charge in [-0.15, -0.1) is 11.3 Å². The Balaban J connectivity index is 1.71. The second kappa shape index (κ2) is 8.66. The van der Waals surface area contributed by atoms with E-state index in [4.69, 9.17) is 10.00 Å². The van der Waals surface area contributed by atoms with Crippen molar-refractivity contribution in [3.05, 3.63) is 57.8 Å². The number of rotatable bonds is 8. The summed E-state index contributed by atoms with van der Waals surface area (Å²) >= 11 is 1.65. The lowest BCUT2D eigenvalue weighted by Crippen LogP contribution is -2.31. The van der Waals surface area contributed by atoms with E-state index < -0.39 is 6.10 Å². The Bertz CT molecular complexity index is 607. The van der Waals surface area contributed by atoms with E-state index in [1.54, 1.807) is 17.4 Å². The molecule has 0 aliphatic carbocycles. The van der Waals surface area contributed by atoms with Crippen molar-refractivity contribution in [2.75, 3.05) is 20.2 Å². The standard InChI is InChI=1S/C17H20N2O2S/c1-19(10-15-5-2-4-14(8-15)9-18)11-16(20)12-21-13-17-6-3-7-22-17/h2-8,16,20H,10-13H2,1H3. The second-order valence-corrected chi connectivity index (χ2v) is 6.29. The number of likely N-dealkylation sites (N-methyl/N-ethyl adjacent to an activating group) is 1. The van der Waals surface area contributed by atoms with Gasteiger partial charge in [0.1, 0.15) is 0 Å². The lowest BCUT2D eigenvalue weighted by Gasteiger charge is -2.20. The highest BCUT2D eigenvalue weighted by atomic mass is 32.1. The number of hydrogen-bond acceptors (Lipinski definition) is 5. The molecule has 0 spiro atoms. The van der Waals surface area contributed by atoms with Crippen molar-refractivity contribution in [2.45, 2.75) is 19.3 Å². The summed E-state index contributed by atoms with van der Waals surface area (Å²) in [6, 6.07) is 13.7. The average Bonchev–Trinajstić information content (AvgIpc) is 3.00. The van der Waals surface area contributed by atoms with Crippen molar-refractivity contribution in [3.63, 3.8) is 0 Å². The molecular formula is C17H20N2O2S. The summed E-state index contributed by atoms with van der Waals surface area (Å²) < 4.78 is 5.52. The third-order valence-corrected chi connectivity index (χ3v) is 4.02. The molecule has 0 fully saturated rings. The van der Waals surface area contributed by atoms with Gasteiger partial charge in [0.2, 0.25) is 0 Å². The molecular weight excluding hydrogens is 296 g/mol. The van der Waals surface area contributed by atoms with Gasteiger partial charge in [0, 0.05) is 18.0 Å². The summed E-state index contributed by atoms with van der Waals surface area (Å²) in [6.07, 6.45) is -0.524. The van der Waals surface area contributed by atoms with Crippen LogP contribution in [-0.4, -0.2) is 36.3 Å². The molecule has 0 radical (unpaired) electrons. The SMILES string of the molecule is CN(Cc1cccc(C#N)c1)CC(O)COCc1cccs1. The lowest BCUT2D eigenvalue weighted by molar-refractivity contribution is 0.0135. The van der Waals surface area contributed by atoms with E-state index in [1.807, 2.05) is 47.7 Å². The van der Waals surface area contributed by atoms with Crippen molar-refractivity contribution in [3.8, 4) is 6.07 Å². The van der Waals surface area contributed by atoms with Crippen LogP contribution in [0, 0.1) is 11.3 Å². The molecule has 1 aromatic carbocycles. The maximum Gasteiger partial charge on any atom is 0.0991 e. The first-order valence-electron chi connectivity index (χ1n) is 7.13. The van der Waals surface area contributed by atoms with Crippen LogP contribution in [0.15, 0.2) is 41.8 Å². The third-order valence-electron chi connectivity index (χ3n) is 3.17. The zero-order chi connectivity index (χ0) is 15.8. The molecule has 0 bridgehead atoms. The first kappa shape index (κ1) is 16.7. The minimum absolute atomic E-state index is 0.320. The second-order valence-electron chi connectivity index (χ2n) is 5.26. The van der Waals surface area contributed by atoms with Crippen molar-refractivity contribution in [1.29, 1.82) is 5.26 Å². The summed E-state index contributed by atoms with van der Waals surface area (Å²) in [5, 5.41) is 20.9. The van der Waals surface area contributed by atoms with Crippen LogP contribution in [0.3, 0.4) is 0 Å². The van der Waals surface area contributed by atoms with Gasteiger partial charge in [0.05, 0.1) is 31.0 Å². The molecule has 22 heavy (non-hydrogen) atoms. The van der Waals surface area contributed by atoms with Crippen LogP contribution < -0.4 is 0 Å². The molecule has 1 atom stereocenters. The van der Waals surface area contributed by atoms with Crippen LogP contribution in [0.1, 0.15) is 16.0 Å². The number of aliphatic hydroxyl groups excluding tert-OH is 1. The van der Waals surface area contributed by atoms with Gasteiger partial charge in [-0.05, 0) is 36.2 Å². The molecule has 0 aliphatic rings. The molecule has 1 heterocycles. The quantitative estimate of drug-likeness (QED) is 0.813. The monoisotopic (exact) mass is 316 g/mol. The van der Waals surface area contributed by atoms with Crippen LogP contribution in [0.25, 0.3) is 0 Å². The van der Waals surface area contributed by atoms with Gasteiger partial charge in [-0.3, -0.25) is 4.90 Å². The topological polar surface area (TPSA) is 56.5 Å². The van der Waals surface area contributed by atoms with Crippen molar-refractivity contribution in [1.82, 2.24) is 4.90 Å². The highest BCUT2D eigenvalue weighted by Crippen LogP contribution is 2.10. The number of ether oxygens (including phenoxy) is 1. The lowest BCUT2D eigenvalue weighted by atomic mass is 10.1. The molecule has 0 amide bonds. The highest BCUT2D eigenvalue weighted by molar-refractivity contribution is 7.09. The molecule has 4 nitrogen and oxygen atoms in total. The van der Waals surface area contributed by atoms with Gasteiger partial charge in [-0.2, -0.15) is 5.26 Å². The van der Waals surface area contributed by atoms with E-state index in [0.717, 1.165) is 10.4 Å². The molecule has 1 aromatic heterocycles. The minimum atomic E-state index is -0.524. The van der Waals surface area contributed by atoms with Crippen LogP contribution >= 0.6 is 11.3 Å². The minimum Gasteiger partial charge on any atom is -0.389 e. The first-order valence-corrected chi connectivity index (χ1v) is 8.01. The van der Waals surface area contributed by atoms with Crippen LogP contribution in [0.4, 0.5) is 0 Å². The van der Waals surface area contributed by atoms with Crippen LogP contribution in [0.2, 0.25) is 0 Å². The fraction of sp³-hybridized carbons (Fsp3) is 0.353. The van der Waals surface area contributed by atoms with E-state index in [1.165, 1.54) is 0 Å². The van der Waals surface area contributed by atoms with Gasteiger partial charge in [-0.25, -0.2) is 0 Å². The fourth-order valence-electron chi connectivity index (χ4n) is 2.22. The molecule has 1 unspecified atom stereocenters. The smallest absolute Gasteiger partial charge is 0.0991 e. The first-order chi connectivity index (χ1) is 10.7. The van der Waals surface area contributed by atoms with Crippen LogP contribution in [0.5, 0.6) is 0 Å². The molecule has 116 valence electrons. The van der Waals surface area contributed by atoms with E-state index >= 15 is 0 Å². The third kappa shape index (κ3) is 5.58. The van der Waals surface area contributed by atoms with Crippen molar-refractivity contribution in [2.24, 2.45) is 0 Å². The van der Waals surface area contributed by atoms with Crippen molar-refractivity contribution < 1.29 is 9.84 Å². The van der Waals surface area contributed by atoms with E-state index in [0.29, 0.717) is 31.9 Å². The summed E-state index contributed by atoms with van der Waals surface area (Å²) in [5.74, 6) is 0. The Morgan fingerprint density at radius 1 is 1.36 bits per heavy atom. The Labute approximate surface area is 135 Å². The van der Waals surface area contributed by atoms with Gasteiger partial charge < -0.3 is 9.84 Å². The molecule has 2 rings (SSSR count). The molecule has 0 saturated carbocycles. The molecule has 2 aromatic rings. The Morgan fingerprint density at radius 2 is 2.23 bits per heavy atom. The molecule has 0 aliphatic heterocycles. The fourth-order valence-corrected chi connectivity index (χ4v) is 2.86. The molecule has 1 N–H and O–H groups in total. The number of thiophene rings is 1. The Kier molecular flexibility index (Phi) is 6.56. The Morgan fingerprint density at radius 3 is 2.95 bits per heavy atom. The van der Waals surface area contributed by atoms with E-state index in [9.17, 15) is 5.11 Å². The average molecular weight is 316 g/mol. The summed E-state index contributed by atoms with van der Waals surface area (Å²) in [6.45, 7) is 2.09. The number of benzene rings is 1. The summed E-state index contributed by atoms with van der Waals surface area (Å²) in [7, 11) is 1.95. The van der Waals surface area contributed by atoms with E-state index in [-0.39, 0.29) is 0 Å². The predicted molar refractivity (Wildman–Crippen MR) is 87.5 cm³/mol. The maximum atomic E-state index is 10.0.